The molecule has 0 aliphatic carbocycles. The van der Waals surface area contributed by atoms with Crippen molar-refractivity contribution >= 4 is 17.3 Å². The monoisotopic (exact) mass is 289 g/mol. The van der Waals surface area contributed by atoms with Gasteiger partial charge in [0, 0.05) is 12.2 Å². The van der Waals surface area contributed by atoms with Crippen LogP contribution in [0, 0.1) is 4.91 Å². The maximum Gasteiger partial charge on any atom is 0.244 e. The maximum absolute atomic E-state index is 12.7. The van der Waals surface area contributed by atoms with E-state index in [0.717, 1.165) is 37.1 Å². The molecule has 1 amide bonds. The number of hydrogen-bond acceptors (Lipinski definition) is 5. The molecule has 0 N–H and O–H groups in total. The molecule has 21 heavy (non-hydrogen) atoms. The van der Waals surface area contributed by atoms with Gasteiger partial charge < -0.3 is 9.64 Å². The van der Waals surface area contributed by atoms with Crippen molar-refractivity contribution in [1.82, 2.24) is 4.90 Å². The highest BCUT2D eigenvalue weighted by Gasteiger charge is 2.35. The van der Waals surface area contributed by atoms with E-state index >= 15 is 0 Å². The molecule has 6 nitrogen and oxygen atoms in total. The molecule has 1 aromatic carbocycles. The summed E-state index contributed by atoms with van der Waals surface area (Å²) in [5, 5.41) is 3.00. The molecule has 2 aliphatic rings. The van der Waals surface area contributed by atoms with Crippen LogP contribution in [0.15, 0.2) is 17.3 Å². The normalized spacial score (nSPS) is 21.4. The van der Waals surface area contributed by atoms with Gasteiger partial charge >= 0.3 is 0 Å². The molecule has 112 valence electrons. The molecule has 6 heteroatoms. The Kier molecular flexibility index (Phi) is 3.63. The van der Waals surface area contributed by atoms with E-state index in [0.29, 0.717) is 12.3 Å². The molecule has 1 atom stereocenters. The third kappa shape index (κ3) is 2.29. The number of rotatable bonds is 3. The predicted molar refractivity (Wildman–Crippen MR) is 80.2 cm³/mol. The summed E-state index contributed by atoms with van der Waals surface area (Å²) in [5.74, 6) is 0.590. The lowest BCUT2D eigenvalue weighted by Gasteiger charge is -2.25. The van der Waals surface area contributed by atoms with Gasteiger partial charge in [0.05, 0.1) is 13.2 Å². The van der Waals surface area contributed by atoms with Gasteiger partial charge in [0.2, 0.25) is 5.91 Å². The third-order valence-electron chi connectivity index (χ3n) is 4.45. The topological polar surface area (TPSA) is 62.2 Å². The average molecular weight is 289 g/mol. The van der Waals surface area contributed by atoms with E-state index in [2.05, 4.69) is 10.1 Å². The fourth-order valence-electron chi connectivity index (χ4n) is 3.27. The van der Waals surface area contributed by atoms with Crippen LogP contribution in [-0.4, -0.2) is 44.1 Å². The summed E-state index contributed by atoms with van der Waals surface area (Å²) in [6.07, 6.45) is 2.74. The quantitative estimate of drug-likeness (QED) is 0.799. The molecule has 0 spiro atoms. The highest BCUT2D eigenvalue weighted by Crippen LogP contribution is 2.39. The summed E-state index contributed by atoms with van der Waals surface area (Å²) >= 11 is 0. The number of methoxy groups -OCH3 is 1. The van der Waals surface area contributed by atoms with Crippen LogP contribution in [0.2, 0.25) is 0 Å². The second-order valence-electron chi connectivity index (χ2n) is 5.62. The van der Waals surface area contributed by atoms with Gasteiger partial charge in [0.15, 0.2) is 5.69 Å². The Morgan fingerprint density at radius 2 is 2.19 bits per heavy atom. The lowest BCUT2D eigenvalue weighted by molar-refractivity contribution is -0.122. The molecular formula is C15H19N3O3. The first kappa shape index (κ1) is 14.0. The fraction of sp³-hybridized carbons (Fsp3) is 0.533. The van der Waals surface area contributed by atoms with E-state index in [4.69, 9.17) is 4.74 Å². The zero-order valence-electron chi connectivity index (χ0n) is 12.3. The van der Waals surface area contributed by atoms with Crippen molar-refractivity contribution in [3.63, 3.8) is 0 Å². The van der Waals surface area contributed by atoms with Crippen LogP contribution in [0.25, 0.3) is 0 Å². The average Bonchev–Trinajstić information content (AvgIpc) is 3.10. The molecule has 3 rings (SSSR count). The molecule has 0 aromatic heterocycles. The van der Waals surface area contributed by atoms with Crippen LogP contribution < -0.4 is 9.64 Å². The molecule has 1 aromatic rings. The van der Waals surface area contributed by atoms with E-state index in [1.807, 2.05) is 13.1 Å². The smallest absolute Gasteiger partial charge is 0.244 e. The van der Waals surface area contributed by atoms with Gasteiger partial charge in [0.25, 0.3) is 0 Å². The molecular weight excluding hydrogens is 270 g/mol. The second-order valence-corrected chi connectivity index (χ2v) is 5.62. The summed E-state index contributed by atoms with van der Waals surface area (Å²) in [7, 11) is 3.50. The Morgan fingerprint density at radius 3 is 2.81 bits per heavy atom. The standard InChI is InChI=1S/C15H19N3O3/c1-17-6-3-4-12(17)15(19)18-7-5-10-8-14(21-2)11(16-20)9-13(10)18/h8-9,12H,3-7H2,1-2H3. The largest absolute Gasteiger partial charge is 0.494 e. The van der Waals surface area contributed by atoms with E-state index < -0.39 is 0 Å². The Labute approximate surface area is 123 Å². The Bertz CT molecular complexity index is 588. The minimum atomic E-state index is -0.0503. The van der Waals surface area contributed by atoms with Crippen molar-refractivity contribution in [3.8, 4) is 5.75 Å². The number of nitroso groups, excluding NO2 is 1. The SMILES string of the molecule is COc1cc2c(cc1N=O)N(C(=O)C1CCCN1C)CC2. The number of likely N-dealkylation sites (tertiary alicyclic amines) is 1. The maximum atomic E-state index is 12.7. The molecule has 1 fully saturated rings. The lowest BCUT2D eigenvalue weighted by Crippen LogP contribution is -2.43. The van der Waals surface area contributed by atoms with E-state index in [1.165, 1.54) is 7.11 Å². The molecule has 0 saturated carbocycles. The van der Waals surface area contributed by atoms with Crippen molar-refractivity contribution in [3.05, 3.63) is 22.6 Å². The van der Waals surface area contributed by atoms with E-state index in [1.54, 1.807) is 11.0 Å². The van der Waals surface area contributed by atoms with Gasteiger partial charge in [-0.15, -0.1) is 4.91 Å². The molecule has 0 bridgehead atoms. The molecule has 1 saturated heterocycles. The van der Waals surface area contributed by atoms with Crippen molar-refractivity contribution in [2.45, 2.75) is 25.3 Å². The zero-order chi connectivity index (χ0) is 15.0. The van der Waals surface area contributed by atoms with E-state index in [-0.39, 0.29) is 17.6 Å². The van der Waals surface area contributed by atoms with Crippen molar-refractivity contribution in [1.29, 1.82) is 0 Å². The molecule has 2 heterocycles. The molecule has 1 unspecified atom stereocenters. The van der Waals surface area contributed by atoms with Crippen LogP contribution >= 0.6 is 0 Å². The summed E-state index contributed by atoms with van der Waals surface area (Å²) < 4.78 is 5.17. The van der Waals surface area contributed by atoms with Crippen LogP contribution in [0.3, 0.4) is 0 Å². The second kappa shape index (κ2) is 5.44. The summed E-state index contributed by atoms with van der Waals surface area (Å²) in [5.41, 5.74) is 2.08. The van der Waals surface area contributed by atoms with Crippen LogP contribution in [0.5, 0.6) is 5.75 Å². The van der Waals surface area contributed by atoms with Crippen molar-refractivity contribution in [2.24, 2.45) is 5.18 Å². The van der Waals surface area contributed by atoms with Gasteiger partial charge in [0.1, 0.15) is 5.75 Å². The van der Waals surface area contributed by atoms with Gasteiger partial charge in [-0.25, -0.2) is 0 Å². The number of ether oxygens (including phenoxy) is 1. The van der Waals surface area contributed by atoms with Gasteiger partial charge in [-0.3, -0.25) is 9.69 Å². The Morgan fingerprint density at radius 1 is 1.38 bits per heavy atom. The number of fused-ring (bicyclic) bond motifs is 1. The summed E-state index contributed by atoms with van der Waals surface area (Å²) in [4.78, 5) is 27.5. The van der Waals surface area contributed by atoms with Gasteiger partial charge in [-0.1, -0.05) is 0 Å². The number of nitrogens with zero attached hydrogens (tertiary/aromatic N) is 3. The number of carbonyl (C=O) groups is 1. The summed E-state index contributed by atoms with van der Waals surface area (Å²) in [6.45, 7) is 1.62. The number of benzene rings is 1. The number of carbonyl (C=O) groups excluding carboxylic acids is 1. The first-order valence-electron chi connectivity index (χ1n) is 7.21. The fourth-order valence-corrected chi connectivity index (χ4v) is 3.27. The van der Waals surface area contributed by atoms with Crippen molar-refractivity contribution in [2.75, 3.05) is 32.1 Å². The van der Waals surface area contributed by atoms with Gasteiger partial charge in [-0.2, -0.15) is 0 Å². The molecule has 2 aliphatic heterocycles. The Balaban J connectivity index is 1.92. The van der Waals surface area contributed by atoms with Gasteiger partial charge in [-0.05, 0) is 55.7 Å². The minimum Gasteiger partial charge on any atom is -0.494 e. The summed E-state index contributed by atoms with van der Waals surface area (Å²) in [6, 6.07) is 3.43. The molecule has 0 radical (unpaired) electrons. The third-order valence-corrected chi connectivity index (χ3v) is 4.45. The van der Waals surface area contributed by atoms with Crippen LogP contribution in [0.4, 0.5) is 11.4 Å². The van der Waals surface area contributed by atoms with Crippen LogP contribution in [0.1, 0.15) is 18.4 Å². The highest BCUT2D eigenvalue weighted by molar-refractivity contribution is 5.99. The number of likely N-dealkylation sites (N-methyl/N-ethyl adjacent to an activating group) is 1. The minimum absolute atomic E-state index is 0.0503. The van der Waals surface area contributed by atoms with E-state index in [9.17, 15) is 9.70 Å². The number of anilines is 1. The number of hydrogen-bond donors (Lipinski definition) is 0. The first-order valence-corrected chi connectivity index (χ1v) is 7.21. The zero-order valence-corrected chi connectivity index (χ0v) is 12.3. The first-order chi connectivity index (χ1) is 10.2. The van der Waals surface area contributed by atoms with Crippen molar-refractivity contribution < 1.29 is 9.53 Å². The van der Waals surface area contributed by atoms with Crippen LogP contribution in [-0.2, 0) is 11.2 Å². The highest BCUT2D eigenvalue weighted by atomic mass is 16.5. The lowest BCUT2D eigenvalue weighted by atomic mass is 10.1. The Hall–Kier alpha value is -1.95. The predicted octanol–water partition coefficient (Wildman–Crippen LogP) is 2.08. The number of amides is 1.